The van der Waals surface area contributed by atoms with Gasteiger partial charge in [0.2, 0.25) is 15.9 Å². The molecule has 1 atom stereocenters. The molecule has 27 heavy (non-hydrogen) atoms. The minimum atomic E-state index is -3.71. The topological polar surface area (TPSA) is 82.6 Å². The van der Waals surface area contributed by atoms with Gasteiger partial charge in [-0.3, -0.25) is 14.7 Å². The van der Waals surface area contributed by atoms with Gasteiger partial charge >= 0.3 is 0 Å². The average molecular weight is 388 g/mol. The van der Waals surface area contributed by atoms with Gasteiger partial charge in [0.05, 0.1) is 10.9 Å². The highest BCUT2D eigenvalue weighted by Crippen LogP contribution is 2.11. The minimum absolute atomic E-state index is 0.158. The maximum Gasteiger partial charge on any atom is 0.241 e. The van der Waals surface area contributed by atoms with E-state index in [0.29, 0.717) is 13.1 Å². The van der Waals surface area contributed by atoms with Crippen LogP contribution in [0, 0.1) is 0 Å². The number of benzene rings is 1. The number of hydrogen-bond donors (Lipinski definition) is 1. The summed E-state index contributed by atoms with van der Waals surface area (Å²) in [4.78, 5) is 20.9. The van der Waals surface area contributed by atoms with Gasteiger partial charge in [0.25, 0.3) is 0 Å². The van der Waals surface area contributed by atoms with E-state index in [1.165, 1.54) is 12.1 Å². The number of carbonyl (C=O) groups excluding carboxylic acids is 1. The van der Waals surface area contributed by atoms with E-state index in [1.54, 1.807) is 36.2 Å². The normalized spacial score (nSPS) is 16.9. The van der Waals surface area contributed by atoms with Crippen molar-refractivity contribution in [3.05, 3.63) is 60.4 Å². The number of amides is 1. The second-order valence-electron chi connectivity index (χ2n) is 6.62. The molecule has 0 spiro atoms. The molecule has 1 aromatic carbocycles. The molecule has 7 nitrogen and oxygen atoms in total. The molecule has 1 amide bonds. The summed E-state index contributed by atoms with van der Waals surface area (Å²) in [6.07, 6.45) is 3.59. The van der Waals surface area contributed by atoms with E-state index in [0.717, 1.165) is 25.2 Å². The Labute approximate surface area is 160 Å². The number of aromatic nitrogens is 1. The molecule has 1 aliphatic rings. The van der Waals surface area contributed by atoms with Crippen molar-refractivity contribution in [1.82, 2.24) is 19.5 Å². The number of rotatable bonds is 6. The molecule has 1 N–H and O–H groups in total. The van der Waals surface area contributed by atoms with Gasteiger partial charge in [-0.25, -0.2) is 8.42 Å². The lowest BCUT2D eigenvalue weighted by atomic mass is 10.2. The van der Waals surface area contributed by atoms with Crippen LogP contribution in [-0.2, 0) is 21.4 Å². The van der Waals surface area contributed by atoms with Gasteiger partial charge in [-0.1, -0.05) is 24.3 Å². The molecule has 0 saturated carbocycles. The van der Waals surface area contributed by atoms with E-state index in [4.69, 9.17) is 0 Å². The first kappa shape index (κ1) is 19.5. The van der Waals surface area contributed by atoms with Crippen molar-refractivity contribution in [2.45, 2.75) is 24.4 Å². The smallest absolute Gasteiger partial charge is 0.241 e. The van der Waals surface area contributed by atoms with Gasteiger partial charge in [0, 0.05) is 45.1 Å². The highest BCUT2D eigenvalue weighted by Gasteiger charge is 2.28. The van der Waals surface area contributed by atoms with Crippen molar-refractivity contribution in [2.75, 3.05) is 26.2 Å². The lowest BCUT2D eigenvalue weighted by Gasteiger charge is -2.36. The summed E-state index contributed by atoms with van der Waals surface area (Å²) in [5.74, 6) is -0.199. The highest BCUT2D eigenvalue weighted by atomic mass is 32.2. The summed E-state index contributed by atoms with van der Waals surface area (Å²) < 4.78 is 27.3. The molecular formula is C19H24N4O3S. The Balaban J connectivity index is 1.53. The summed E-state index contributed by atoms with van der Waals surface area (Å²) >= 11 is 0. The van der Waals surface area contributed by atoms with Crippen LogP contribution in [0.15, 0.2) is 59.8 Å². The van der Waals surface area contributed by atoms with Crippen LogP contribution in [0.4, 0.5) is 0 Å². The van der Waals surface area contributed by atoms with Crippen molar-refractivity contribution >= 4 is 15.9 Å². The zero-order valence-electron chi connectivity index (χ0n) is 15.3. The molecule has 0 aliphatic carbocycles. The Hall–Kier alpha value is -2.29. The van der Waals surface area contributed by atoms with Crippen LogP contribution in [0.5, 0.6) is 0 Å². The van der Waals surface area contributed by atoms with Gasteiger partial charge in [-0.15, -0.1) is 0 Å². The Bertz CT molecular complexity index is 851. The monoisotopic (exact) mass is 388 g/mol. The van der Waals surface area contributed by atoms with Gasteiger partial charge in [-0.2, -0.15) is 4.72 Å². The molecular weight excluding hydrogens is 364 g/mol. The number of pyridine rings is 1. The molecule has 1 fully saturated rings. The van der Waals surface area contributed by atoms with Crippen LogP contribution in [0.1, 0.15) is 12.5 Å². The van der Waals surface area contributed by atoms with Gasteiger partial charge < -0.3 is 4.90 Å². The number of piperazine rings is 1. The molecule has 1 aromatic heterocycles. The third kappa shape index (κ3) is 5.12. The molecule has 0 radical (unpaired) electrons. The zero-order valence-corrected chi connectivity index (χ0v) is 16.1. The molecule has 1 aliphatic heterocycles. The van der Waals surface area contributed by atoms with Crippen LogP contribution >= 0.6 is 0 Å². The fraction of sp³-hybridized carbons (Fsp3) is 0.368. The molecule has 144 valence electrons. The third-order valence-electron chi connectivity index (χ3n) is 4.57. The molecule has 8 heteroatoms. The van der Waals surface area contributed by atoms with Crippen LogP contribution in [0.3, 0.4) is 0 Å². The van der Waals surface area contributed by atoms with Crippen molar-refractivity contribution in [1.29, 1.82) is 0 Å². The van der Waals surface area contributed by atoms with E-state index in [2.05, 4.69) is 14.6 Å². The van der Waals surface area contributed by atoms with Crippen LogP contribution in [0.2, 0.25) is 0 Å². The van der Waals surface area contributed by atoms with E-state index >= 15 is 0 Å². The van der Waals surface area contributed by atoms with Gasteiger partial charge in [-0.05, 0) is 30.7 Å². The fourth-order valence-electron chi connectivity index (χ4n) is 3.10. The first-order valence-corrected chi connectivity index (χ1v) is 10.4. The van der Waals surface area contributed by atoms with Gasteiger partial charge in [0.1, 0.15) is 0 Å². The second-order valence-corrected chi connectivity index (χ2v) is 8.33. The highest BCUT2D eigenvalue weighted by molar-refractivity contribution is 7.89. The van der Waals surface area contributed by atoms with E-state index in [1.807, 2.05) is 18.3 Å². The summed E-state index contributed by atoms with van der Waals surface area (Å²) in [5, 5.41) is 0. The number of carbonyl (C=O) groups is 1. The second kappa shape index (κ2) is 8.60. The molecule has 2 heterocycles. The first-order chi connectivity index (χ1) is 13.0. The standard InChI is InChI=1S/C19H24N4O3S/c1-16(21-27(25,26)18-7-3-2-4-8-18)19(24)23-12-10-22(11-13-23)15-17-6-5-9-20-14-17/h2-9,14,16,21H,10-13,15H2,1H3/t16-/m0/s1. The van der Waals surface area contributed by atoms with Crippen molar-refractivity contribution in [3.63, 3.8) is 0 Å². The number of nitrogens with zero attached hydrogens (tertiary/aromatic N) is 3. The lowest BCUT2D eigenvalue weighted by Crippen LogP contribution is -2.53. The predicted octanol–water partition coefficient (Wildman–Crippen LogP) is 1.09. The number of sulfonamides is 1. The molecule has 2 aromatic rings. The lowest BCUT2D eigenvalue weighted by molar-refractivity contribution is -0.134. The Kier molecular flexibility index (Phi) is 6.20. The average Bonchev–Trinajstić information content (AvgIpc) is 2.69. The van der Waals surface area contributed by atoms with Crippen LogP contribution in [0.25, 0.3) is 0 Å². The maximum atomic E-state index is 12.6. The van der Waals surface area contributed by atoms with E-state index in [9.17, 15) is 13.2 Å². The van der Waals surface area contributed by atoms with Crippen LogP contribution < -0.4 is 4.72 Å². The summed E-state index contributed by atoms with van der Waals surface area (Å²) in [5.41, 5.74) is 1.14. The van der Waals surface area contributed by atoms with Crippen LogP contribution in [-0.4, -0.2) is 61.3 Å². The summed E-state index contributed by atoms with van der Waals surface area (Å²) in [6, 6.07) is 11.2. The van der Waals surface area contributed by atoms with E-state index < -0.39 is 16.1 Å². The van der Waals surface area contributed by atoms with Gasteiger partial charge in [0.15, 0.2) is 0 Å². The third-order valence-corrected chi connectivity index (χ3v) is 6.13. The maximum absolute atomic E-state index is 12.6. The molecule has 0 bridgehead atoms. The van der Waals surface area contributed by atoms with E-state index in [-0.39, 0.29) is 10.8 Å². The summed E-state index contributed by atoms with van der Waals surface area (Å²) in [7, 11) is -3.71. The minimum Gasteiger partial charge on any atom is -0.339 e. The zero-order chi connectivity index (χ0) is 19.3. The Morgan fingerprint density at radius 3 is 2.44 bits per heavy atom. The van der Waals surface area contributed by atoms with Crippen molar-refractivity contribution in [2.24, 2.45) is 0 Å². The number of hydrogen-bond acceptors (Lipinski definition) is 5. The quantitative estimate of drug-likeness (QED) is 0.801. The Morgan fingerprint density at radius 1 is 1.11 bits per heavy atom. The summed E-state index contributed by atoms with van der Waals surface area (Å²) in [6.45, 7) is 5.04. The molecule has 1 saturated heterocycles. The predicted molar refractivity (Wildman–Crippen MR) is 102 cm³/mol. The SMILES string of the molecule is C[C@H](NS(=O)(=O)c1ccccc1)C(=O)N1CCN(Cc2cccnc2)CC1. The number of nitrogens with one attached hydrogen (secondary N) is 1. The molecule has 3 rings (SSSR count). The van der Waals surface area contributed by atoms with Crippen molar-refractivity contribution in [3.8, 4) is 0 Å². The fourth-order valence-corrected chi connectivity index (χ4v) is 4.32. The molecule has 0 unspecified atom stereocenters. The largest absolute Gasteiger partial charge is 0.339 e. The first-order valence-electron chi connectivity index (χ1n) is 8.93. The van der Waals surface area contributed by atoms with Crippen molar-refractivity contribution < 1.29 is 13.2 Å². The Morgan fingerprint density at radius 2 is 1.81 bits per heavy atom.